The van der Waals surface area contributed by atoms with E-state index >= 15 is 0 Å². The van der Waals surface area contributed by atoms with Crippen molar-refractivity contribution in [1.29, 1.82) is 0 Å². The second-order valence-electron chi connectivity index (χ2n) is 5.79. The predicted molar refractivity (Wildman–Crippen MR) is 94.9 cm³/mol. The van der Waals surface area contributed by atoms with Crippen LogP contribution in [0.3, 0.4) is 0 Å². The summed E-state index contributed by atoms with van der Waals surface area (Å²) in [5.41, 5.74) is 6.29. The van der Waals surface area contributed by atoms with Crippen LogP contribution in [0.5, 0.6) is 0 Å². The molecule has 3 rings (SSSR count). The molecule has 0 aliphatic heterocycles. The van der Waals surface area contributed by atoms with E-state index < -0.39 is 0 Å². The van der Waals surface area contributed by atoms with Gasteiger partial charge in [0.05, 0.1) is 0 Å². The number of rotatable bonds is 5. The van der Waals surface area contributed by atoms with E-state index in [1.165, 1.54) is 17.4 Å². The SMILES string of the molecule is Cl.NC[C@H]1CCC[C@H]1C(=O)Nc1nnc(Cc2ccccc2F)s1. The fraction of sp³-hybridized carbons (Fsp3) is 0.438. The molecule has 0 spiro atoms. The number of amides is 1. The van der Waals surface area contributed by atoms with Gasteiger partial charge in [-0.05, 0) is 36.9 Å². The van der Waals surface area contributed by atoms with E-state index in [1.807, 2.05) is 0 Å². The van der Waals surface area contributed by atoms with Crippen LogP contribution < -0.4 is 11.1 Å². The first kappa shape index (κ1) is 18.8. The fourth-order valence-electron chi connectivity index (χ4n) is 3.04. The number of carbonyl (C=O) groups is 1. The third kappa shape index (κ3) is 4.28. The molecule has 1 aromatic carbocycles. The second-order valence-corrected chi connectivity index (χ2v) is 6.85. The first-order valence-electron chi connectivity index (χ1n) is 7.74. The lowest BCUT2D eigenvalue weighted by Gasteiger charge is -2.15. The fourth-order valence-corrected chi connectivity index (χ4v) is 3.81. The van der Waals surface area contributed by atoms with Crippen LogP contribution in [0.2, 0.25) is 0 Å². The molecule has 3 N–H and O–H groups in total. The molecule has 1 saturated carbocycles. The summed E-state index contributed by atoms with van der Waals surface area (Å²) in [4.78, 5) is 12.3. The van der Waals surface area contributed by atoms with Crippen molar-refractivity contribution < 1.29 is 9.18 Å². The van der Waals surface area contributed by atoms with Gasteiger partial charge in [-0.3, -0.25) is 4.79 Å². The van der Waals surface area contributed by atoms with Gasteiger partial charge in [-0.15, -0.1) is 22.6 Å². The first-order chi connectivity index (χ1) is 11.2. The van der Waals surface area contributed by atoms with E-state index in [2.05, 4.69) is 15.5 Å². The number of hydrogen-bond acceptors (Lipinski definition) is 5. The van der Waals surface area contributed by atoms with Gasteiger partial charge in [-0.1, -0.05) is 36.0 Å². The summed E-state index contributed by atoms with van der Waals surface area (Å²) < 4.78 is 13.7. The highest BCUT2D eigenvalue weighted by molar-refractivity contribution is 7.15. The van der Waals surface area contributed by atoms with E-state index in [-0.39, 0.29) is 36.0 Å². The molecule has 24 heavy (non-hydrogen) atoms. The van der Waals surface area contributed by atoms with Crippen molar-refractivity contribution in [2.75, 3.05) is 11.9 Å². The maximum Gasteiger partial charge on any atom is 0.229 e. The lowest BCUT2D eigenvalue weighted by molar-refractivity contribution is -0.120. The van der Waals surface area contributed by atoms with Gasteiger partial charge in [0.15, 0.2) is 0 Å². The summed E-state index contributed by atoms with van der Waals surface area (Å²) in [6.07, 6.45) is 3.28. The van der Waals surface area contributed by atoms with Crippen molar-refractivity contribution in [3.05, 3.63) is 40.7 Å². The molecule has 1 fully saturated rings. The number of benzene rings is 1. The van der Waals surface area contributed by atoms with Crippen LogP contribution in [0, 0.1) is 17.7 Å². The van der Waals surface area contributed by atoms with Gasteiger partial charge >= 0.3 is 0 Å². The molecule has 8 heteroatoms. The van der Waals surface area contributed by atoms with Gasteiger partial charge in [0, 0.05) is 12.3 Å². The Hall–Kier alpha value is -1.57. The minimum atomic E-state index is -0.259. The minimum absolute atomic E-state index is 0. The smallest absolute Gasteiger partial charge is 0.229 e. The molecule has 0 bridgehead atoms. The van der Waals surface area contributed by atoms with Gasteiger partial charge < -0.3 is 11.1 Å². The van der Waals surface area contributed by atoms with Gasteiger partial charge in [0.2, 0.25) is 11.0 Å². The molecule has 1 heterocycles. The zero-order chi connectivity index (χ0) is 16.2. The highest BCUT2D eigenvalue weighted by atomic mass is 35.5. The molecular formula is C16H20ClFN4OS. The number of nitrogens with zero attached hydrogens (tertiary/aromatic N) is 2. The summed E-state index contributed by atoms with van der Waals surface area (Å²) in [6.45, 7) is 0.534. The summed E-state index contributed by atoms with van der Waals surface area (Å²) in [5.74, 6) is -0.0868. The number of halogens is 2. The molecule has 0 unspecified atom stereocenters. The zero-order valence-electron chi connectivity index (χ0n) is 13.1. The van der Waals surface area contributed by atoms with Crippen LogP contribution in [-0.4, -0.2) is 22.6 Å². The Kier molecular flexibility index (Phi) is 6.65. The van der Waals surface area contributed by atoms with Crippen LogP contribution in [0.4, 0.5) is 9.52 Å². The second kappa shape index (κ2) is 8.50. The van der Waals surface area contributed by atoms with Crippen molar-refractivity contribution in [2.45, 2.75) is 25.7 Å². The Labute approximate surface area is 150 Å². The molecule has 2 aromatic rings. The largest absolute Gasteiger partial charge is 0.330 e. The first-order valence-corrected chi connectivity index (χ1v) is 8.55. The number of carbonyl (C=O) groups excluding carboxylic acids is 1. The summed E-state index contributed by atoms with van der Waals surface area (Å²) in [7, 11) is 0. The van der Waals surface area contributed by atoms with E-state index in [9.17, 15) is 9.18 Å². The average molecular weight is 371 g/mol. The third-order valence-electron chi connectivity index (χ3n) is 4.30. The van der Waals surface area contributed by atoms with Crippen molar-refractivity contribution in [1.82, 2.24) is 10.2 Å². The topological polar surface area (TPSA) is 80.9 Å². The Morgan fingerprint density at radius 1 is 1.33 bits per heavy atom. The summed E-state index contributed by atoms with van der Waals surface area (Å²) in [6, 6.07) is 6.58. The van der Waals surface area contributed by atoms with E-state index in [0.29, 0.717) is 28.7 Å². The molecule has 130 valence electrons. The maximum atomic E-state index is 13.7. The number of nitrogens with one attached hydrogen (secondary N) is 1. The molecule has 0 saturated heterocycles. The van der Waals surface area contributed by atoms with Crippen LogP contribution in [0.25, 0.3) is 0 Å². The van der Waals surface area contributed by atoms with Gasteiger partial charge in [-0.25, -0.2) is 4.39 Å². The normalized spacial score (nSPS) is 19.8. The van der Waals surface area contributed by atoms with Crippen LogP contribution in [-0.2, 0) is 11.2 Å². The lowest BCUT2D eigenvalue weighted by atomic mass is 9.95. The lowest BCUT2D eigenvalue weighted by Crippen LogP contribution is -2.29. The Balaban J connectivity index is 0.00000208. The van der Waals surface area contributed by atoms with Crippen LogP contribution >= 0.6 is 23.7 Å². The van der Waals surface area contributed by atoms with Crippen molar-refractivity contribution in [3.63, 3.8) is 0 Å². The Bertz CT molecular complexity index is 696. The molecule has 0 radical (unpaired) electrons. The van der Waals surface area contributed by atoms with Crippen LogP contribution in [0.15, 0.2) is 24.3 Å². The number of nitrogens with two attached hydrogens (primary N) is 1. The predicted octanol–water partition coefficient (Wildman–Crippen LogP) is 3.00. The summed E-state index contributed by atoms with van der Waals surface area (Å²) in [5, 5.41) is 12.0. The Morgan fingerprint density at radius 3 is 2.88 bits per heavy atom. The monoisotopic (exact) mass is 370 g/mol. The number of hydrogen-bond donors (Lipinski definition) is 2. The van der Waals surface area contributed by atoms with Gasteiger partial charge in [0.25, 0.3) is 0 Å². The van der Waals surface area contributed by atoms with Gasteiger partial charge in [-0.2, -0.15) is 0 Å². The number of aromatic nitrogens is 2. The Morgan fingerprint density at radius 2 is 2.12 bits per heavy atom. The molecule has 1 aromatic heterocycles. The van der Waals surface area contributed by atoms with E-state index in [0.717, 1.165) is 19.3 Å². The quantitative estimate of drug-likeness (QED) is 0.847. The summed E-state index contributed by atoms with van der Waals surface area (Å²) >= 11 is 1.28. The van der Waals surface area contributed by atoms with Crippen molar-refractivity contribution >= 4 is 34.8 Å². The van der Waals surface area contributed by atoms with Crippen molar-refractivity contribution in [2.24, 2.45) is 17.6 Å². The van der Waals surface area contributed by atoms with Crippen molar-refractivity contribution in [3.8, 4) is 0 Å². The number of anilines is 1. The minimum Gasteiger partial charge on any atom is -0.330 e. The maximum absolute atomic E-state index is 13.7. The molecule has 2 atom stereocenters. The molecule has 1 aliphatic rings. The molecule has 1 aliphatic carbocycles. The van der Waals surface area contributed by atoms with E-state index in [4.69, 9.17) is 5.73 Å². The highest BCUT2D eigenvalue weighted by Gasteiger charge is 2.32. The van der Waals surface area contributed by atoms with Crippen LogP contribution in [0.1, 0.15) is 29.8 Å². The molecular weight excluding hydrogens is 351 g/mol. The molecule has 5 nitrogen and oxygen atoms in total. The zero-order valence-corrected chi connectivity index (χ0v) is 14.7. The van der Waals surface area contributed by atoms with E-state index in [1.54, 1.807) is 18.2 Å². The highest BCUT2D eigenvalue weighted by Crippen LogP contribution is 2.32. The average Bonchev–Trinajstić information content (AvgIpc) is 3.18. The third-order valence-corrected chi connectivity index (χ3v) is 5.13. The standard InChI is InChI=1S/C16H19FN4OS.ClH/c17-13-7-2-1-4-10(13)8-14-20-21-16(23-14)19-15(22)12-6-3-5-11(12)9-18;/h1-2,4,7,11-12H,3,5-6,8-9,18H2,(H,19,21,22);1H/t11-,12-;/m1./s1. The van der Waals surface area contributed by atoms with Gasteiger partial charge in [0.1, 0.15) is 10.8 Å². The molecule has 1 amide bonds.